The average molecular weight is 409 g/mol. The molecule has 0 aliphatic rings. The summed E-state index contributed by atoms with van der Waals surface area (Å²) in [5, 5.41) is 14.6. The number of rotatable bonds is 4. The Bertz CT molecular complexity index is 759. The number of benzene rings is 2. The molecule has 0 aliphatic heterocycles. The molecule has 0 saturated heterocycles. The van der Waals surface area contributed by atoms with Gasteiger partial charge in [0.15, 0.2) is 0 Å². The molecule has 0 saturated carbocycles. The molecule has 1 N–H and O–H groups in total. The Kier molecular flexibility index (Phi) is 5.21. The zero-order valence-electron chi connectivity index (χ0n) is 11.6. The Morgan fingerprint density at radius 2 is 2.05 bits per heavy atom. The Morgan fingerprint density at radius 1 is 1.32 bits per heavy atom. The Labute approximate surface area is 140 Å². The van der Waals surface area contributed by atoms with E-state index >= 15 is 0 Å². The summed E-state index contributed by atoms with van der Waals surface area (Å²) in [5.41, 5.74) is 4.04. The third kappa shape index (κ3) is 3.88. The van der Waals surface area contributed by atoms with Crippen LogP contribution in [0.15, 0.2) is 47.6 Å². The quantitative estimate of drug-likeness (QED) is 0.364. The molecule has 0 radical (unpaired) electrons. The van der Waals surface area contributed by atoms with E-state index in [1.807, 2.05) is 24.3 Å². The molecule has 0 bridgehead atoms. The van der Waals surface area contributed by atoms with Crippen molar-refractivity contribution < 1.29 is 9.72 Å². The molecule has 0 unspecified atom stereocenters. The molecule has 112 valence electrons. The van der Waals surface area contributed by atoms with E-state index in [1.165, 1.54) is 18.2 Å². The van der Waals surface area contributed by atoms with Gasteiger partial charge in [-0.2, -0.15) is 5.10 Å². The van der Waals surface area contributed by atoms with Gasteiger partial charge >= 0.3 is 0 Å². The van der Waals surface area contributed by atoms with Crippen molar-refractivity contribution in [3.8, 4) is 0 Å². The van der Waals surface area contributed by atoms with Gasteiger partial charge in [0.25, 0.3) is 11.6 Å². The van der Waals surface area contributed by atoms with Crippen LogP contribution in [0.3, 0.4) is 0 Å². The first-order valence-corrected chi connectivity index (χ1v) is 7.40. The van der Waals surface area contributed by atoms with Crippen molar-refractivity contribution in [2.24, 2.45) is 5.10 Å². The standard InChI is InChI=1S/C15H12IN3O3/c1-10-8-11(6-7-14(10)19(21)22)15(20)18-17-9-12-4-2-3-5-13(12)16/h2-9H,1H3,(H,18,20)/b17-9+. The topological polar surface area (TPSA) is 84.6 Å². The average Bonchev–Trinajstić information content (AvgIpc) is 2.48. The Balaban J connectivity index is 2.08. The van der Waals surface area contributed by atoms with Crippen molar-refractivity contribution in [1.29, 1.82) is 0 Å². The summed E-state index contributed by atoms with van der Waals surface area (Å²) in [5.74, 6) is -0.416. The molecular weight excluding hydrogens is 397 g/mol. The van der Waals surface area contributed by atoms with E-state index < -0.39 is 10.8 Å². The zero-order chi connectivity index (χ0) is 16.1. The van der Waals surface area contributed by atoms with Gasteiger partial charge in [-0.1, -0.05) is 18.2 Å². The van der Waals surface area contributed by atoms with Crippen molar-refractivity contribution in [3.63, 3.8) is 0 Å². The number of halogens is 1. The summed E-state index contributed by atoms with van der Waals surface area (Å²) in [6.45, 7) is 1.59. The lowest BCUT2D eigenvalue weighted by atomic mass is 10.1. The number of hydrazone groups is 1. The molecule has 0 spiro atoms. The second-order valence-electron chi connectivity index (χ2n) is 4.48. The maximum Gasteiger partial charge on any atom is 0.272 e. The zero-order valence-corrected chi connectivity index (χ0v) is 13.8. The van der Waals surface area contributed by atoms with Gasteiger partial charge in [-0.25, -0.2) is 5.43 Å². The highest BCUT2D eigenvalue weighted by molar-refractivity contribution is 14.1. The molecule has 0 aliphatic carbocycles. The molecule has 7 heteroatoms. The summed E-state index contributed by atoms with van der Waals surface area (Å²) in [6.07, 6.45) is 1.55. The number of hydrogen-bond acceptors (Lipinski definition) is 4. The van der Waals surface area contributed by atoms with Crippen molar-refractivity contribution >= 4 is 40.4 Å². The van der Waals surface area contributed by atoms with Crippen LogP contribution in [0.25, 0.3) is 0 Å². The van der Waals surface area contributed by atoms with E-state index in [2.05, 4.69) is 33.1 Å². The van der Waals surface area contributed by atoms with Crippen LogP contribution in [0.5, 0.6) is 0 Å². The van der Waals surface area contributed by atoms with Crippen molar-refractivity contribution in [2.75, 3.05) is 0 Å². The SMILES string of the molecule is Cc1cc(C(=O)N/N=C/c2ccccc2I)ccc1[N+](=O)[O-]. The molecule has 22 heavy (non-hydrogen) atoms. The lowest BCUT2D eigenvalue weighted by Crippen LogP contribution is -2.17. The third-order valence-electron chi connectivity index (χ3n) is 2.93. The molecule has 0 fully saturated rings. The first-order valence-electron chi connectivity index (χ1n) is 6.32. The minimum atomic E-state index is -0.480. The van der Waals surface area contributed by atoms with E-state index in [1.54, 1.807) is 13.1 Å². The summed E-state index contributed by atoms with van der Waals surface area (Å²) in [4.78, 5) is 22.2. The number of carbonyl (C=O) groups is 1. The molecule has 0 heterocycles. The minimum Gasteiger partial charge on any atom is -0.267 e. The lowest BCUT2D eigenvalue weighted by molar-refractivity contribution is -0.385. The summed E-state index contributed by atoms with van der Waals surface area (Å²) < 4.78 is 1.02. The van der Waals surface area contributed by atoms with E-state index in [9.17, 15) is 14.9 Å². The normalized spacial score (nSPS) is 10.6. The van der Waals surface area contributed by atoms with E-state index in [4.69, 9.17) is 0 Å². The number of hydrogen-bond donors (Lipinski definition) is 1. The van der Waals surface area contributed by atoms with Gasteiger partial charge in [0, 0.05) is 26.3 Å². The second-order valence-corrected chi connectivity index (χ2v) is 5.64. The third-order valence-corrected chi connectivity index (χ3v) is 3.91. The minimum absolute atomic E-state index is 0.0149. The van der Waals surface area contributed by atoms with Crippen LogP contribution in [0.4, 0.5) is 5.69 Å². The molecule has 6 nitrogen and oxygen atoms in total. The number of nitrogens with zero attached hydrogens (tertiary/aromatic N) is 2. The number of carbonyl (C=O) groups excluding carboxylic acids is 1. The van der Waals surface area contributed by atoms with Gasteiger partial charge in [0.05, 0.1) is 11.1 Å². The van der Waals surface area contributed by atoms with E-state index in [0.717, 1.165) is 9.13 Å². The predicted molar refractivity (Wildman–Crippen MR) is 92.1 cm³/mol. The summed E-state index contributed by atoms with van der Waals surface area (Å²) in [6, 6.07) is 11.8. The summed E-state index contributed by atoms with van der Waals surface area (Å²) in [7, 11) is 0. The van der Waals surface area contributed by atoms with Gasteiger partial charge in [-0.15, -0.1) is 0 Å². The maximum absolute atomic E-state index is 12.0. The highest BCUT2D eigenvalue weighted by atomic mass is 127. The van der Waals surface area contributed by atoms with Gasteiger partial charge in [0.2, 0.25) is 0 Å². The largest absolute Gasteiger partial charge is 0.272 e. The van der Waals surface area contributed by atoms with Crippen molar-refractivity contribution in [1.82, 2.24) is 5.43 Å². The van der Waals surface area contributed by atoms with Crippen LogP contribution in [-0.4, -0.2) is 17.0 Å². The summed E-state index contributed by atoms with van der Waals surface area (Å²) >= 11 is 2.18. The maximum atomic E-state index is 12.0. The van der Waals surface area contributed by atoms with E-state index in [-0.39, 0.29) is 5.69 Å². The molecule has 0 aromatic heterocycles. The highest BCUT2D eigenvalue weighted by Gasteiger charge is 2.13. The van der Waals surface area contributed by atoms with Gasteiger partial charge in [-0.3, -0.25) is 14.9 Å². The number of amides is 1. The van der Waals surface area contributed by atoms with Crippen LogP contribution in [0.1, 0.15) is 21.5 Å². The number of nitro groups is 1. The molecule has 2 aromatic carbocycles. The van der Waals surface area contributed by atoms with Crippen LogP contribution in [0.2, 0.25) is 0 Å². The second kappa shape index (κ2) is 7.12. The lowest BCUT2D eigenvalue weighted by Gasteiger charge is -2.02. The van der Waals surface area contributed by atoms with Gasteiger partial charge in [-0.05, 0) is 47.7 Å². The highest BCUT2D eigenvalue weighted by Crippen LogP contribution is 2.18. The van der Waals surface area contributed by atoms with Crippen molar-refractivity contribution in [2.45, 2.75) is 6.92 Å². The molecule has 1 amide bonds. The first-order chi connectivity index (χ1) is 10.5. The fraction of sp³-hybridized carbons (Fsp3) is 0.0667. The number of aryl methyl sites for hydroxylation is 1. The van der Waals surface area contributed by atoms with Crippen molar-refractivity contribution in [3.05, 3.63) is 72.8 Å². The number of nitro benzene ring substituents is 1. The first kappa shape index (κ1) is 16.1. The monoisotopic (exact) mass is 409 g/mol. The van der Waals surface area contributed by atoms with Crippen LogP contribution in [-0.2, 0) is 0 Å². The fourth-order valence-electron chi connectivity index (χ4n) is 1.81. The van der Waals surface area contributed by atoms with Gasteiger partial charge < -0.3 is 0 Å². The van der Waals surface area contributed by atoms with Crippen LogP contribution in [0, 0.1) is 20.6 Å². The smallest absolute Gasteiger partial charge is 0.267 e. The van der Waals surface area contributed by atoms with Crippen LogP contribution < -0.4 is 5.43 Å². The molecule has 2 aromatic rings. The predicted octanol–water partition coefficient (Wildman–Crippen LogP) is 3.27. The fourth-order valence-corrected chi connectivity index (χ4v) is 2.33. The van der Waals surface area contributed by atoms with E-state index in [0.29, 0.717) is 11.1 Å². The Hall–Kier alpha value is -2.29. The van der Waals surface area contributed by atoms with Crippen LogP contribution >= 0.6 is 22.6 Å². The molecule has 0 atom stereocenters. The molecular formula is C15H12IN3O3. The Morgan fingerprint density at radius 3 is 2.68 bits per heavy atom. The van der Waals surface area contributed by atoms with Gasteiger partial charge in [0.1, 0.15) is 0 Å². The molecule has 2 rings (SSSR count). The number of nitrogens with one attached hydrogen (secondary N) is 1.